The lowest BCUT2D eigenvalue weighted by Crippen LogP contribution is -3.05. The second-order valence-corrected chi connectivity index (χ2v) is 2.95. The molecule has 1 aliphatic heterocycles. The van der Waals surface area contributed by atoms with Crippen molar-refractivity contribution < 1.29 is 15.9 Å². The highest BCUT2D eigenvalue weighted by atomic mass is 16.7. The van der Waals surface area contributed by atoms with Gasteiger partial charge >= 0.3 is 1.41 Å². The Labute approximate surface area is 80.0 Å². The standard InChI is InChI=1S/C9H14N2O2/c1-11(2)6-3-4-7-12-9-5-8-13-10-9/h5-8H2,1-2H3/p+1/i/hT. The smallest absolute Gasteiger partial charge is 0.348 e. The highest BCUT2D eigenvalue weighted by Gasteiger charge is 2.07. The van der Waals surface area contributed by atoms with E-state index >= 15 is 0 Å². The van der Waals surface area contributed by atoms with Crippen LogP contribution in [0.5, 0.6) is 0 Å². The molecule has 0 saturated carbocycles. The van der Waals surface area contributed by atoms with Gasteiger partial charge in [0.05, 0.1) is 20.5 Å². The van der Waals surface area contributed by atoms with E-state index in [-0.39, 0.29) is 4.89 Å². The summed E-state index contributed by atoms with van der Waals surface area (Å²) >= 11 is 0. The average molecular weight is 185 g/mol. The maximum Gasteiger partial charge on any atom is 0.348 e. The molecule has 4 nitrogen and oxygen atoms in total. The lowest BCUT2D eigenvalue weighted by atomic mass is 10.5. The predicted octanol–water partition coefficient (Wildman–Crippen LogP) is -1.12. The molecule has 0 bridgehead atoms. The van der Waals surface area contributed by atoms with Gasteiger partial charge in [0.25, 0.3) is 0 Å². The molecule has 0 atom stereocenters. The van der Waals surface area contributed by atoms with Gasteiger partial charge in [0.1, 0.15) is 13.2 Å². The summed E-state index contributed by atoms with van der Waals surface area (Å²) in [5, 5.41) is 3.67. The van der Waals surface area contributed by atoms with Crippen LogP contribution in [0.3, 0.4) is 0 Å². The summed E-state index contributed by atoms with van der Waals surface area (Å²) < 4.78 is 12.7. The molecular weight excluding hydrogens is 168 g/mol. The zero-order valence-electron chi connectivity index (χ0n) is 9.04. The molecule has 1 aliphatic rings. The average Bonchev–Trinajstić information content (AvgIpc) is 2.54. The molecule has 1 heterocycles. The number of hydrogen-bond acceptors (Lipinski definition) is 3. The molecule has 0 aromatic carbocycles. The summed E-state index contributed by atoms with van der Waals surface area (Å²) in [7, 11) is 3.54. The molecule has 4 heteroatoms. The molecule has 13 heavy (non-hydrogen) atoms. The third-order valence-electron chi connectivity index (χ3n) is 1.40. The van der Waals surface area contributed by atoms with Gasteiger partial charge in [0, 0.05) is 0 Å². The van der Waals surface area contributed by atoms with Crippen LogP contribution in [0.15, 0.2) is 5.16 Å². The van der Waals surface area contributed by atoms with Crippen molar-refractivity contribution in [3.05, 3.63) is 0 Å². The monoisotopic (exact) mass is 185 g/mol. The first-order valence-corrected chi connectivity index (χ1v) is 4.21. The number of oxime groups is 1. The Hall–Kier alpha value is -1.21. The molecule has 0 radical (unpaired) electrons. The van der Waals surface area contributed by atoms with Crippen LogP contribution < -0.4 is 4.89 Å². The van der Waals surface area contributed by atoms with Gasteiger partial charge in [0.2, 0.25) is 5.90 Å². The lowest BCUT2D eigenvalue weighted by molar-refractivity contribution is -0.850. The SMILES string of the molecule is [3H][N+](C)(C)CC#CCOC1=NOCC1. The van der Waals surface area contributed by atoms with Gasteiger partial charge in [-0.1, -0.05) is 11.1 Å². The highest BCUT2D eigenvalue weighted by Crippen LogP contribution is 1.99. The molecule has 1 N–H and O–H groups in total. The summed E-state index contributed by atoms with van der Waals surface area (Å²) in [6.07, 6.45) is 0.724. The normalized spacial score (nSPS) is 16.5. The fraction of sp³-hybridized carbons (Fsp3) is 0.667. The van der Waals surface area contributed by atoms with Crippen molar-refractivity contribution in [2.24, 2.45) is 5.16 Å². The van der Waals surface area contributed by atoms with Gasteiger partial charge in [-0.15, -0.1) is 0 Å². The van der Waals surface area contributed by atoms with E-state index in [2.05, 4.69) is 17.0 Å². The van der Waals surface area contributed by atoms with Crippen LogP contribution in [0.1, 0.15) is 6.42 Å². The topological polar surface area (TPSA) is 35.3 Å². The quantitative estimate of drug-likeness (QED) is 0.553. The molecule has 0 fully saturated rings. The zero-order valence-corrected chi connectivity index (χ0v) is 8.04. The van der Waals surface area contributed by atoms with Gasteiger partial charge < -0.3 is 14.5 Å². The van der Waals surface area contributed by atoms with Crippen molar-refractivity contribution in [2.45, 2.75) is 6.42 Å². The molecule has 1 rings (SSSR count). The molecule has 0 aliphatic carbocycles. The van der Waals surface area contributed by atoms with Crippen molar-refractivity contribution in [3.8, 4) is 11.8 Å². The molecule has 72 valence electrons. The van der Waals surface area contributed by atoms with Crippen molar-refractivity contribution >= 4 is 5.90 Å². The van der Waals surface area contributed by atoms with E-state index in [1.54, 1.807) is 14.1 Å². The second-order valence-electron chi connectivity index (χ2n) is 2.95. The Kier molecular flexibility index (Phi) is 3.51. The summed E-state index contributed by atoms with van der Waals surface area (Å²) in [5.74, 6) is 6.30. The minimum atomic E-state index is 0.0943. The molecule has 0 saturated heterocycles. The number of rotatable bonds is 2. The Morgan fingerprint density at radius 2 is 2.54 bits per heavy atom. The summed E-state index contributed by atoms with van der Waals surface area (Å²) in [6.45, 7) is 1.41. The predicted molar refractivity (Wildman–Crippen MR) is 49.4 cm³/mol. The minimum Gasteiger partial charge on any atom is -0.465 e. The first kappa shape index (κ1) is 8.39. The van der Waals surface area contributed by atoms with Gasteiger partial charge in [-0.05, 0) is 5.92 Å². The molecular formula is C9H15N2O2+. The van der Waals surface area contributed by atoms with E-state index in [4.69, 9.17) is 11.0 Å². The molecule has 0 aromatic heterocycles. The van der Waals surface area contributed by atoms with E-state index in [9.17, 15) is 0 Å². The van der Waals surface area contributed by atoms with Crippen LogP contribution in [0, 0.1) is 11.8 Å². The van der Waals surface area contributed by atoms with E-state index < -0.39 is 0 Å². The fourth-order valence-corrected chi connectivity index (χ4v) is 0.779. The van der Waals surface area contributed by atoms with Crippen molar-refractivity contribution in [1.82, 2.24) is 0 Å². The van der Waals surface area contributed by atoms with Crippen LogP contribution in [0.4, 0.5) is 0 Å². The van der Waals surface area contributed by atoms with Crippen LogP contribution in [-0.2, 0) is 9.57 Å². The van der Waals surface area contributed by atoms with Gasteiger partial charge in [-0.3, -0.25) is 0 Å². The molecule has 0 aromatic rings. The zero-order chi connectivity index (χ0) is 10.4. The van der Waals surface area contributed by atoms with E-state index in [0.29, 0.717) is 25.7 Å². The first-order chi connectivity index (χ1) is 6.58. The van der Waals surface area contributed by atoms with Crippen molar-refractivity contribution in [3.63, 3.8) is 0 Å². The number of quaternary nitrogens is 1. The maximum atomic E-state index is 7.48. The Bertz CT molecular complexity index is 273. The third-order valence-corrected chi connectivity index (χ3v) is 1.40. The number of nitrogens with zero attached hydrogens (tertiary/aromatic N) is 1. The highest BCUT2D eigenvalue weighted by molar-refractivity contribution is 5.76. The van der Waals surface area contributed by atoms with Gasteiger partial charge in [-0.2, -0.15) is 0 Å². The van der Waals surface area contributed by atoms with Crippen LogP contribution in [-0.4, -0.2) is 39.8 Å². The summed E-state index contributed by atoms with van der Waals surface area (Å²) in [6, 6.07) is 0. The maximum absolute atomic E-state index is 7.48. The lowest BCUT2D eigenvalue weighted by Gasteiger charge is -1.99. The minimum absolute atomic E-state index is 0.0943. The Balaban J connectivity index is 2.14. The molecule has 0 spiro atoms. The Morgan fingerprint density at radius 1 is 1.69 bits per heavy atom. The molecule has 0 amide bonds. The van der Waals surface area contributed by atoms with E-state index in [0.717, 1.165) is 6.42 Å². The third kappa shape index (κ3) is 4.38. The van der Waals surface area contributed by atoms with Crippen LogP contribution >= 0.6 is 0 Å². The van der Waals surface area contributed by atoms with Crippen molar-refractivity contribution in [2.75, 3.05) is 33.9 Å². The number of ether oxygens (including phenoxy) is 1. The second kappa shape index (κ2) is 5.44. The first-order valence-electron chi connectivity index (χ1n) is 4.66. The van der Waals surface area contributed by atoms with E-state index in [1.165, 1.54) is 0 Å². The van der Waals surface area contributed by atoms with E-state index in [1.807, 2.05) is 0 Å². The summed E-state index contributed by atoms with van der Waals surface area (Å²) in [4.78, 5) is 4.84. The largest absolute Gasteiger partial charge is 0.465 e. The van der Waals surface area contributed by atoms with Crippen LogP contribution in [0.25, 0.3) is 0 Å². The Morgan fingerprint density at radius 3 is 3.15 bits per heavy atom. The van der Waals surface area contributed by atoms with Crippen molar-refractivity contribution in [1.29, 1.82) is 0 Å². The fourth-order valence-electron chi connectivity index (χ4n) is 0.779. The molecule has 0 unspecified atom stereocenters. The van der Waals surface area contributed by atoms with Crippen LogP contribution in [0.2, 0.25) is 1.41 Å². The number of hydrogen-bond donors (Lipinski definition) is 1. The van der Waals surface area contributed by atoms with Gasteiger partial charge in [-0.25, -0.2) is 0 Å². The summed E-state index contributed by atoms with van der Waals surface area (Å²) in [5.41, 5.74) is 0. The number of nitrogens with one attached hydrogen (secondary N) is 1. The van der Waals surface area contributed by atoms with Gasteiger partial charge in [0.15, 0.2) is 6.61 Å².